The quantitative estimate of drug-likeness (QED) is 0.933. The van der Waals surface area contributed by atoms with Gasteiger partial charge in [-0.1, -0.05) is 23.7 Å². The van der Waals surface area contributed by atoms with Gasteiger partial charge in [0.2, 0.25) is 0 Å². The van der Waals surface area contributed by atoms with Crippen LogP contribution in [0.2, 0.25) is 5.02 Å². The van der Waals surface area contributed by atoms with E-state index in [0.717, 1.165) is 5.56 Å². The molecule has 96 valence electrons. The maximum absolute atomic E-state index is 12.2. The lowest BCUT2D eigenvalue weighted by atomic mass is 10.2. The van der Waals surface area contributed by atoms with Crippen LogP contribution in [0.25, 0.3) is 0 Å². The second-order valence-corrected chi connectivity index (χ2v) is 5.65. The molecular weight excluding hydrogens is 272 g/mol. The lowest BCUT2D eigenvalue weighted by molar-refractivity contribution is 0.271. The highest BCUT2D eigenvalue weighted by Gasteiger charge is 2.13. The first kappa shape index (κ1) is 13.3. The Morgan fingerprint density at radius 1 is 1.39 bits per heavy atom. The number of imidazole rings is 1. The third-order valence-corrected chi connectivity index (χ3v) is 4.25. The number of hydrogen-bond donors (Lipinski definition) is 1. The highest BCUT2D eigenvalue weighted by Crippen LogP contribution is 2.15. The van der Waals surface area contributed by atoms with Crippen LogP contribution in [0.1, 0.15) is 11.3 Å². The van der Waals surface area contributed by atoms with Gasteiger partial charge in [0.25, 0.3) is 0 Å². The Bertz CT molecular complexity index is 566. The summed E-state index contributed by atoms with van der Waals surface area (Å²) < 4.78 is 13.8. The van der Waals surface area contributed by atoms with Gasteiger partial charge in [0.05, 0.1) is 35.1 Å². The summed E-state index contributed by atoms with van der Waals surface area (Å²) in [6, 6.07) is 7.23. The molecule has 1 aromatic heterocycles. The van der Waals surface area contributed by atoms with Crippen LogP contribution in [0, 0.1) is 0 Å². The Morgan fingerprint density at radius 2 is 2.06 bits per heavy atom. The summed E-state index contributed by atoms with van der Waals surface area (Å²) >= 11 is 5.79. The normalized spacial score (nSPS) is 12.6. The number of aliphatic hydroxyl groups excluding tert-OH is 1. The molecule has 1 unspecified atom stereocenters. The fraction of sp³-hybridized carbons (Fsp3) is 0.250. The molecule has 18 heavy (non-hydrogen) atoms. The molecule has 2 aromatic rings. The van der Waals surface area contributed by atoms with Crippen LogP contribution in [-0.4, -0.2) is 18.9 Å². The first-order valence-corrected chi connectivity index (χ1v) is 7.05. The maximum atomic E-state index is 12.2. The summed E-state index contributed by atoms with van der Waals surface area (Å²) in [5, 5.41) is 10.2. The lowest BCUT2D eigenvalue weighted by Gasteiger charge is -2.04. The zero-order valence-electron chi connectivity index (χ0n) is 9.84. The molecule has 1 aromatic carbocycles. The molecule has 0 saturated heterocycles. The summed E-state index contributed by atoms with van der Waals surface area (Å²) in [4.78, 5) is 4.08. The molecule has 1 heterocycles. The maximum Gasteiger partial charge on any atom is 0.199 e. The third-order valence-electron chi connectivity index (χ3n) is 2.62. The van der Waals surface area contributed by atoms with Gasteiger partial charge >= 0.3 is 0 Å². The number of aromatic nitrogens is 2. The Balaban J connectivity index is 2.16. The van der Waals surface area contributed by atoms with E-state index < -0.39 is 10.8 Å². The van der Waals surface area contributed by atoms with Crippen molar-refractivity contribution in [2.24, 2.45) is 7.05 Å². The molecule has 6 heteroatoms. The van der Waals surface area contributed by atoms with Crippen LogP contribution in [0.4, 0.5) is 0 Å². The minimum Gasteiger partial charge on any atom is -0.390 e. The monoisotopic (exact) mass is 284 g/mol. The highest BCUT2D eigenvalue weighted by molar-refractivity contribution is 7.84. The number of benzene rings is 1. The first-order valence-electron chi connectivity index (χ1n) is 5.36. The second-order valence-electron chi connectivity index (χ2n) is 3.87. The molecule has 0 fully saturated rings. The van der Waals surface area contributed by atoms with Gasteiger partial charge in [-0.15, -0.1) is 0 Å². The van der Waals surface area contributed by atoms with Gasteiger partial charge in [0, 0.05) is 12.1 Å². The Morgan fingerprint density at radius 3 is 2.61 bits per heavy atom. The van der Waals surface area contributed by atoms with E-state index in [1.54, 1.807) is 23.7 Å². The van der Waals surface area contributed by atoms with E-state index in [1.165, 1.54) is 6.20 Å². The van der Waals surface area contributed by atoms with Crippen LogP contribution in [-0.2, 0) is 30.2 Å². The van der Waals surface area contributed by atoms with Crippen molar-refractivity contribution in [3.63, 3.8) is 0 Å². The molecule has 0 aliphatic heterocycles. The van der Waals surface area contributed by atoms with Gasteiger partial charge in [-0.3, -0.25) is 4.21 Å². The smallest absolute Gasteiger partial charge is 0.199 e. The molecule has 0 amide bonds. The van der Waals surface area contributed by atoms with Crippen molar-refractivity contribution in [3.8, 4) is 0 Å². The SMILES string of the molecule is Cn1c(CO)cnc1S(=O)Cc1ccc(Cl)cc1. The summed E-state index contributed by atoms with van der Waals surface area (Å²) in [5.74, 6) is 0.382. The van der Waals surface area contributed by atoms with Gasteiger partial charge in [-0.25, -0.2) is 4.98 Å². The summed E-state index contributed by atoms with van der Waals surface area (Å²) in [6.45, 7) is -0.109. The van der Waals surface area contributed by atoms with Crippen molar-refractivity contribution in [1.29, 1.82) is 0 Å². The Kier molecular flexibility index (Phi) is 4.16. The average Bonchev–Trinajstić information content (AvgIpc) is 2.73. The van der Waals surface area contributed by atoms with Gasteiger partial charge in [0.15, 0.2) is 5.16 Å². The summed E-state index contributed by atoms with van der Waals surface area (Å²) in [6.07, 6.45) is 1.54. The van der Waals surface area contributed by atoms with Crippen LogP contribution < -0.4 is 0 Å². The van der Waals surface area contributed by atoms with E-state index in [2.05, 4.69) is 4.98 Å². The molecule has 0 radical (unpaired) electrons. The van der Waals surface area contributed by atoms with Gasteiger partial charge in [-0.2, -0.15) is 0 Å². The molecular formula is C12H13ClN2O2S. The standard InChI is InChI=1S/C12H13ClN2O2S/c1-15-11(7-16)6-14-12(15)18(17)8-9-2-4-10(13)5-3-9/h2-6,16H,7-8H2,1H3. The van der Waals surface area contributed by atoms with Crippen molar-refractivity contribution in [3.05, 3.63) is 46.7 Å². The highest BCUT2D eigenvalue weighted by atomic mass is 35.5. The topological polar surface area (TPSA) is 55.1 Å². The van der Waals surface area contributed by atoms with Gasteiger partial charge in [-0.05, 0) is 17.7 Å². The number of hydrogen-bond acceptors (Lipinski definition) is 3. The predicted molar refractivity (Wildman–Crippen MR) is 70.7 cm³/mol. The van der Waals surface area contributed by atoms with Crippen molar-refractivity contribution in [1.82, 2.24) is 9.55 Å². The van der Waals surface area contributed by atoms with Crippen molar-refractivity contribution >= 4 is 22.4 Å². The van der Waals surface area contributed by atoms with Gasteiger partial charge in [0.1, 0.15) is 0 Å². The Hall–Kier alpha value is -1.17. The molecule has 0 saturated carbocycles. The first-order chi connectivity index (χ1) is 8.61. The average molecular weight is 285 g/mol. The molecule has 0 spiro atoms. The number of rotatable bonds is 4. The van der Waals surface area contributed by atoms with Gasteiger partial charge < -0.3 is 9.67 Å². The fourth-order valence-electron chi connectivity index (χ4n) is 1.58. The van der Waals surface area contributed by atoms with Crippen molar-refractivity contribution in [2.45, 2.75) is 17.5 Å². The molecule has 2 rings (SSSR count). The van der Waals surface area contributed by atoms with Crippen molar-refractivity contribution < 1.29 is 9.32 Å². The van der Waals surface area contributed by atoms with E-state index in [4.69, 9.17) is 16.7 Å². The van der Waals surface area contributed by atoms with Crippen LogP contribution >= 0.6 is 11.6 Å². The largest absolute Gasteiger partial charge is 0.390 e. The minimum atomic E-state index is -1.24. The molecule has 1 N–H and O–H groups in total. The number of halogens is 1. The lowest BCUT2D eigenvalue weighted by Crippen LogP contribution is -2.06. The number of aliphatic hydroxyl groups is 1. The molecule has 0 aliphatic rings. The fourth-order valence-corrected chi connectivity index (χ4v) is 2.92. The summed E-state index contributed by atoms with van der Waals surface area (Å²) in [7, 11) is 0.508. The van der Waals surface area contributed by atoms with Crippen molar-refractivity contribution in [2.75, 3.05) is 0 Å². The van der Waals surface area contributed by atoms with E-state index in [0.29, 0.717) is 21.6 Å². The molecule has 0 aliphatic carbocycles. The zero-order chi connectivity index (χ0) is 13.1. The van der Waals surface area contributed by atoms with Crippen LogP contribution in [0.15, 0.2) is 35.6 Å². The minimum absolute atomic E-state index is 0.109. The van der Waals surface area contributed by atoms with E-state index >= 15 is 0 Å². The Labute approximate surface area is 113 Å². The van der Waals surface area contributed by atoms with E-state index in [-0.39, 0.29) is 6.61 Å². The van der Waals surface area contributed by atoms with E-state index in [9.17, 15) is 4.21 Å². The second kappa shape index (κ2) is 5.65. The van der Waals surface area contributed by atoms with Crippen LogP contribution in [0.3, 0.4) is 0 Å². The predicted octanol–water partition coefficient (Wildman–Crippen LogP) is 1.87. The zero-order valence-corrected chi connectivity index (χ0v) is 11.4. The number of nitrogens with zero attached hydrogens (tertiary/aromatic N) is 2. The molecule has 0 bridgehead atoms. The molecule has 1 atom stereocenters. The van der Waals surface area contributed by atoms with Crippen LogP contribution in [0.5, 0.6) is 0 Å². The van der Waals surface area contributed by atoms with E-state index in [1.807, 2.05) is 12.1 Å². The third kappa shape index (κ3) is 2.80. The summed E-state index contributed by atoms with van der Waals surface area (Å²) in [5.41, 5.74) is 1.58. The molecule has 4 nitrogen and oxygen atoms in total.